The fourth-order valence-corrected chi connectivity index (χ4v) is 3.12. The number of allylic oxidation sites excluding steroid dienone is 1. The molecule has 0 saturated carbocycles. The first-order valence-corrected chi connectivity index (χ1v) is 9.65. The molecule has 0 aliphatic carbocycles. The van der Waals surface area contributed by atoms with E-state index in [1.807, 2.05) is 0 Å². The fourth-order valence-electron chi connectivity index (χ4n) is 2.55. The predicted octanol–water partition coefficient (Wildman–Crippen LogP) is 3.99. The molecule has 2 rings (SSSR count). The molecule has 0 N–H and O–H groups in total. The summed E-state index contributed by atoms with van der Waals surface area (Å²) in [6.07, 6.45) is 2.89. The highest BCUT2D eigenvalue weighted by molar-refractivity contribution is 9.10. The Hall–Kier alpha value is -2.62. The first-order chi connectivity index (χ1) is 14.4. The molecule has 0 fully saturated rings. The number of halogens is 1. The molecular formula is C21H23BrO8. The van der Waals surface area contributed by atoms with Crippen molar-refractivity contribution in [3.05, 3.63) is 40.1 Å². The number of rotatable bonds is 11. The summed E-state index contributed by atoms with van der Waals surface area (Å²) in [4.78, 5) is 23.3. The van der Waals surface area contributed by atoms with Crippen LogP contribution in [0, 0.1) is 0 Å². The zero-order valence-corrected chi connectivity index (χ0v) is 18.7. The van der Waals surface area contributed by atoms with E-state index >= 15 is 0 Å². The quantitative estimate of drug-likeness (QED) is 0.269. The third-order valence-electron chi connectivity index (χ3n) is 3.86. The Morgan fingerprint density at radius 3 is 2.33 bits per heavy atom. The number of hydrogen-bond acceptors (Lipinski definition) is 8. The Bertz CT molecular complexity index is 916. The molecule has 0 saturated heterocycles. The van der Waals surface area contributed by atoms with Gasteiger partial charge >= 0.3 is 5.97 Å². The minimum absolute atomic E-state index is 0.0000693. The van der Waals surface area contributed by atoms with E-state index < -0.39 is 5.97 Å². The van der Waals surface area contributed by atoms with Crippen molar-refractivity contribution in [3.63, 3.8) is 0 Å². The predicted molar refractivity (Wildman–Crippen MR) is 112 cm³/mol. The van der Waals surface area contributed by atoms with Crippen LogP contribution in [0.15, 0.2) is 33.2 Å². The first-order valence-electron chi connectivity index (χ1n) is 8.85. The molecule has 0 aliphatic heterocycles. The van der Waals surface area contributed by atoms with Gasteiger partial charge in [-0.25, -0.2) is 0 Å². The Balaban J connectivity index is 2.65. The Morgan fingerprint density at radius 1 is 1.07 bits per heavy atom. The molecule has 0 amide bonds. The molecule has 0 atom stereocenters. The zero-order valence-electron chi connectivity index (χ0n) is 17.2. The largest absolute Gasteiger partial charge is 0.469 e. The molecule has 0 spiro atoms. The Kier molecular flexibility index (Phi) is 9.10. The highest BCUT2D eigenvalue weighted by Crippen LogP contribution is 2.44. The van der Waals surface area contributed by atoms with E-state index in [1.165, 1.54) is 34.3 Å². The third kappa shape index (κ3) is 6.19. The van der Waals surface area contributed by atoms with Crippen LogP contribution in [0.25, 0.3) is 17.4 Å². The number of methoxy groups -OCH3 is 3. The van der Waals surface area contributed by atoms with Crippen LogP contribution in [-0.2, 0) is 30.2 Å². The van der Waals surface area contributed by atoms with Crippen LogP contribution in [0.2, 0.25) is 0 Å². The van der Waals surface area contributed by atoms with E-state index in [1.54, 1.807) is 24.3 Å². The van der Waals surface area contributed by atoms with Crippen LogP contribution >= 0.6 is 15.9 Å². The summed E-state index contributed by atoms with van der Waals surface area (Å²) >= 11 is 3.50. The van der Waals surface area contributed by atoms with Crippen LogP contribution in [0.1, 0.15) is 18.2 Å². The lowest BCUT2D eigenvalue weighted by Crippen LogP contribution is -2.10. The van der Waals surface area contributed by atoms with Gasteiger partial charge in [-0.2, -0.15) is 0 Å². The van der Waals surface area contributed by atoms with Gasteiger partial charge in [0.05, 0.1) is 23.6 Å². The summed E-state index contributed by atoms with van der Waals surface area (Å²) in [6, 6.07) is 5.07. The van der Waals surface area contributed by atoms with E-state index in [9.17, 15) is 9.59 Å². The van der Waals surface area contributed by atoms with E-state index in [4.69, 9.17) is 28.1 Å². The van der Waals surface area contributed by atoms with E-state index in [2.05, 4.69) is 15.9 Å². The first kappa shape index (κ1) is 23.7. The molecule has 8 nitrogen and oxygen atoms in total. The lowest BCUT2D eigenvalue weighted by Gasteiger charge is -2.18. The minimum atomic E-state index is -0.457. The summed E-state index contributed by atoms with van der Waals surface area (Å²) in [5.74, 6) is 1.13. The molecule has 0 aliphatic rings. The molecule has 0 unspecified atom stereocenters. The minimum Gasteiger partial charge on any atom is -0.469 e. The van der Waals surface area contributed by atoms with Gasteiger partial charge in [0.1, 0.15) is 23.0 Å². The molecule has 0 bridgehead atoms. The van der Waals surface area contributed by atoms with Crippen molar-refractivity contribution in [3.8, 4) is 22.8 Å². The van der Waals surface area contributed by atoms with Crippen LogP contribution in [0.5, 0.6) is 11.5 Å². The van der Waals surface area contributed by atoms with E-state index in [0.29, 0.717) is 38.6 Å². The SMILES string of the molecule is COCOc1cc(OCOC)c(-c2ccc(/C=C/C(C)=O)o2)c(CC(=O)OC)c1Br. The van der Waals surface area contributed by atoms with Crippen molar-refractivity contribution in [2.45, 2.75) is 13.3 Å². The average molecular weight is 483 g/mol. The molecule has 1 aromatic carbocycles. The van der Waals surface area contributed by atoms with Crippen molar-refractivity contribution in [1.82, 2.24) is 0 Å². The molecule has 30 heavy (non-hydrogen) atoms. The van der Waals surface area contributed by atoms with Crippen LogP contribution in [-0.4, -0.2) is 46.7 Å². The molecule has 0 radical (unpaired) electrons. The number of hydrogen-bond donors (Lipinski definition) is 0. The van der Waals surface area contributed by atoms with Crippen LogP contribution < -0.4 is 9.47 Å². The highest BCUT2D eigenvalue weighted by atomic mass is 79.9. The summed E-state index contributed by atoms with van der Waals surface area (Å²) < 4.78 is 32.6. The van der Waals surface area contributed by atoms with Crippen molar-refractivity contribution in [1.29, 1.82) is 0 Å². The normalized spacial score (nSPS) is 11.0. The molecular weight excluding hydrogens is 460 g/mol. The van der Waals surface area contributed by atoms with Crippen molar-refractivity contribution >= 4 is 33.8 Å². The monoisotopic (exact) mass is 482 g/mol. The lowest BCUT2D eigenvalue weighted by molar-refractivity contribution is -0.139. The number of ether oxygens (including phenoxy) is 5. The van der Waals surface area contributed by atoms with Gasteiger partial charge in [-0.3, -0.25) is 9.59 Å². The van der Waals surface area contributed by atoms with Gasteiger partial charge in [0, 0.05) is 20.3 Å². The zero-order chi connectivity index (χ0) is 22.1. The maximum atomic E-state index is 12.1. The van der Waals surface area contributed by atoms with Gasteiger partial charge < -0.3 is 28.1 Å². The van der Waals surface area contributed by atoms with Gasteiger partial charge in [0.2, 0.25) is 0 Å². The number of benzene rings is 1. The Morgan fingerprint density at radius 2 is 1.73 bits per heavy atom. The van der Waals surface area contributed by atoms with Gasteiger partial charge in [-0.1, -0.05) is 0 Å². The number of esters is 1. The number of ketones is 1. The highest BCUT2D eigenvalue weighted by Gasteiger charge is 2.24. The van der Waals surface area contributed by atoms with E-state index in [0.717, 1.165) is 0 Å². The van der Waals surface area contributed by atoms with Gasteiger partial charge in [0.25, 0.3) is 0 Å². The maximum absolute atomic E-state index is 12.1. The summed E-state index contributed by atoms with van der Waals surface area (Å²) in [6.45, 7) is 1.41. The fraction of sp³-hybridized carbons (Fsp3) is 0.333. The second-order valence-corrected chi connectivity index (χ2v) is 6.83. The van der Waals surface area contributed by atoms with Gasteiger partial charge in [-0.05, 0) is 52.7 Å². The molecule has 2 aromatic rings. The van der Waals surface area contributed by atoms with Gasteiger partial charge in [0.15, 0.2) is 19.4 Å². The molecule has 1 aromatic heterocycles. The molecule has 162 valence electrons. The Labute approximate surface area is 182 Å². The number of furan rings is 1. The summed E-state index contributed by atoms with van der Waals surface area (Å²) in [5.41, 5.74) is 1.06. The number of carbonyl (C=O) groups excluding carboxylic acids is 2. The standard InChI is InChI=1S/C21H23BrO8/c1-13(23)5-6-14-7-8-16(30-14)20-15(9-19(24)27-4)21(22)18(29-12-26-3)10-17(20)28-11-25-2/h5-8,10H,9,11-12H2,1-4H3/b6-5+. The topological polar surface area (TPSA) is 93.4 Å². The maximum Gasteiger partial charge on any atom is 0.310 e. The lowest BCUT2D eigenvalue weighted by atomic mass is 10.0. The van der Waals surface area contributed by atoms with Crippen molar-refractivity contribution in [2.24, 2.45) is 0 Å². The van der Waals surface area contributed by atoms with Crippen LogP contribution in [0.3, 0.4) is 0 Å². The third-order valence-corrected chi connectivity index (χ3v) is 4.73. The smallest absolute Gasteiger partial charge is 0.310 e. The van der Waals surface area contributed by atoms with Crippen LogP contribution in [0.4, 0.5) is 0 Å². The summed E-state index contributed by atoms with van der Waals surface area (Å²) in [7, 11) is 4.30. The van der Waals surface area contributed by atoms with Crippen molar-refractivity contribution in [2.75, 3.05) is 34.9 Å². The second-order valence-electron chi connectivity index (χ2n) is 6.04. The molecule has 1 heterocycles. The van der Waals surface area contributed by atoms with E-state index in [-0.39, 0.29) is 25.8 Å². The summed E-state index contributed by atoms with van der Waals surface area (Å²) in [5, 5.41) is 0. The molecule has 9 heteroatoms. The second kappa shape index (κ2) is 11.5. The van der Waals surface area contributed by atoms with Crippen molar-refractivity contribution < 1.29 is 37.7 Å². The number of carbonyl (C=O) groups is 2. The van der Waals surface area contributed by atoms with Gasteiger partial charge in [-0.15, -0.1) is 0 Å². The average Bonchev–Trinajstić information content (AvgIpc) is 3.19.